The van der Waals surface area contributed by atoms with E-state index in [-0.39, 0.29) is 0 Å². The zero-order valence-corrected chi connectivity index (χ0v) is 11.7. The highest BCUT2D eigenvalue weighted by Gasteiger charge is 2.10. The van der Waals surface area contributed by atoms with Gasteiger partial charge in [-0.25, -0.2) is 0 Å². The molecule has 1 heterocycles. The second-order valence-electron chi connectivity index (χ2n) is 5.33. The third kappa shape index (κ3) is 1.73. The molecule has 4 aromatic rings. The molecule has 1 aromatic heterocycles. The average molecular weight is 273 g/mol. The molecule has 0 unspecified atom stereocenters. The van der Waals surface area contributed by atoms with E-state index in [1.165, 1.54) is 21.8 Å². The van der Waals surface area contributed by atoms with E-state index in [0.717, 1.165) is 11.1 Å². The van der Waals surface area contributed by atoms with Crippen LogP contribution in [-0.2, 0) is 7.05 Å². The predicted octanol–water partition coefficient (Wildman–Crippen LogP) is 4.70. The highest BCUT2D eigenvalue weighted by Crippen LogP contribution is 2.34. The molecule has 2 nitrogen and oxygen atoms in total. The molecule has 0 fully saturated rings. The number of hydrogen-bond acceptors (Lipinski definition) is 1. The Bertz CT molecular complexity index is 966. The van der Waals surface area contributed by atoms with E-state index in [9.17, 15) is 5.11 Å². The first-order valence-electron chi connectivity index (χ1n) is 7.01. The Morgan fingerprint density at radius 1 is 0.762 bits per heavy atom. The number of aromatic hydroxyl groups is 1. The molecule has 102 valence electrons. The molecule has 0 aliphatic rings. The zero-order valence-electron chi connectivity index (χ0n) is 11.7. The fraction of sp³-hybridized carbons (Fsp3) is 0.0526. The SMILES string of the molecule is Cn1c2ccccc2c2ccc(-c3ccccc3O)cc21. The molecule has 4 rings (SSSR count). The zero-order chi connectivity index (χ0) is 14.4. The van der Waals surface area contributed by atoms with Gasteiger partial charge in [-0.3, -0.25) is 0 Å². The number of phenolic OH excluding ortho intramolecular Hbond substituents is 1. The third-order valence-electron chi connectivity index (χ3n) is 4.13. The lowest BCUT2D eigenvalue weighted by atomic mass is 10.0. The molecular weight excluding hydrogens is 258 g/mol. The van der Waals surface area contributed by atoms with Crippen molar-refractivity contribution in [3.63, 3.8) is 0 Å². The minimum Gasteiger partial charge on any atom is -0.507 e. The number of aromatic nitrogens is 1. The van der Waals surface area contributed by atoms with Crippen LogP contribution in [0.2, 0.25) is 0 Å². The number of aryl methyl sites for hydroxylation is 1. The molecule has 0 saturated heterocycles. The number of nitrogens with zero attached hydrogens (tertiary/aromatic N) is 1. The first-order valence-corrected chi connectivity index (χ1v) is 7.01. The lowest BCUT2D eigenvalue weighted by molar-refractivity contribution is 0.477. The number of benzene rings is 3. The molecule has 21 heavy (non-hydrogen) atoms. The summed E-state index contributed by atoms with van der Waals surface area (Å²) in [4.78, 5) is 0. The topological polar surface area (TPSA) is 25.2 Å². The van der Waals surface area contributed by atoms with Crippen molar-refractivity contribution in [1.82, 2.24) is 4.57 Å². The summed E-state index contributed by atoms with van der Waals surface area (Å²) in [5.74, 6) is 0.315. The molecule has 0 atom stereocenters. The molecule has 2 heteroatoms. The van der Waals surface area contributed by atoms with Gasteiger partial charge in [0.2, 0.25) is 0 Å². The average Bonchev–Trinajstić information content (AvgIpc) is 2.81. The lowest BCUT2D eigenvalue weighted by Crippen LogP contribution is -1.87. The predicted molar refractivity (Wildman–Crippen MR) is 87.5 cm³/mol. The molecule has 1 N–H and O–H groups in total. The van der Waals surface area contributed by atoms with Gasteiger partial charge >= 0.3 is 0 Å². The maximum atomic E-state index is 10.0. The molecule has 0 spiro atoms. The summed E-state index contributed by atoms with van der Waals surface area (Å²) in [5.41, 5.74) is 4.30. The minimum atomic E-state index is 0.315. The Morgan fingerprint density at radius 3 is 2.33 bits per heavy atom. The maximum Gasteiger partial charge on any atom is 0.123 e. The van der Waals surface area contributed by atoms with Crippen LogP contribution in [0.3, 0.4) is 0 Å². The van der Waals surface area contributed by atoms with E-state index in [1.807, 2.05) is 18.2 Å². The van der Waals surface area contributed by atoms with Crippen LogP contribution in [0.15, 0.2) is 66.7 Å². The van der Waals surface area contributed by atoms with Gasteiger partial charge in [-0.2, -0.15) is 0 Å². The van der Waals surface area contributed by atoms with Crippen molar-refractivity contribution in [3.05, 3.63) is 66.7 Å². The van der Waals surface area contributed by atoms with Gasteiger partial charge in [0, 0.05) is 34.4 Å². The maximum absolute atomic E-state index is 10.0. The van der Waals surface area contributed by atoms with Crippen LogP contribution in [0, 0.1) is 0 Å². The van der Waals surface area contributed by atoms with E-state index in [1.54, 1.807) is 6.07 Å². The fourth-order valence-electron chi connectivity index (χ4n) is 3.05. The van der Waals surface area contributed by atoms with Gasteiger partial charge in [-0.05, 0) is 23.8 Å². The first kappa shape index (κ1) is 12.0. The number of rotatable bonds is 1. The van der Waals surface area contributed by atoms with E-state index in [0.29, 0.717) is 5.75 Å². The first-order chi connectivity index (χ1) is 10.3. The summed E-state index contributed by atoms with van der Waals surface area (Å²) in [6, 6.07) is 22.2. The summed E-state index contributed by atoms with van der Waals surface area (Å²) < 4.78 is 2.20. The molecule has 0 radical (unpaired) electrons. The van der Waals surface area contributed by atoms with Gasteiger partial charge in [0.25, 0.3) is 0 Å². The van der Waals surface area contributed by atoms with Crippen molar-refractivity contribution in [2.45, 2.75) is 0 Å². The van der Waals surface area contributed by atoms with Crippen LogP contribution < -0.4 is 0 Å². The number of para-hydroxylation sites is 2. The van der Waals surface area contributed by atoms with Gasteiger partial charge in [0.15, 0.2) is 0 Å². The Balaban J connectivity index is 2.05. The van der Waals surface area contributed by atoms with Gasteiger partial charge < -0.3 is 9.67 Å². The molecule has 0 aliphatic heterocycles. The van der Waals surface area contributed by atoms with E-state index in [4.69, 9.17) is 0 Å². The highest BCUT2D eigenvalue weighted by atomic mass is 16.3. The van der Waals surface area contributed by atoms with Crippen molar-refractivity contribution >= 4 is 21.8 Å². The van der Waals surface area contributed by atoms with Crippen LogP contribution in [0.1, 0.15) is 0 Å². The van der Waals surface area contributed by atoms with Crippen molar-refractivity contribution in [2.24, 2.45) is 7.05 Å². The van der Waals surface area contributed by atoms with Crippen molar-refractivity contribution < 1.29 is 5.11 Å². The number of hydrogen-bond donors (Lipinski definition) is 1. The van der Waals surface area contributed by atoms with Crippen molar-refractivity contribution in [3.8, 4) is 16.9 Å². The molecule has 0 bridgehead atoms. The van der Waals surface area contributed by atoms with Crippen molar-refractivity contribution in [2.75, 3.05) is 0 Å². The smallest absolute Gasteiger partial charge is 0.123 e. The van der Waals surface area contributed by atoms with Gasteiger partial charge in [-0.15, -0.1) is 0 Å². The molecule has 0 aliphatic carbocycles. The Labute approximate surface area is 122 Å². The van der Waals surface area contributed by atoms with Crippen molar-refractivity contribution in [1.29, 1.82) is 0 Å². The van der Waals surface area contributed by atoms with Crippen LogP contribution in [0.5, 0.6) is 5.75 Å². The second kappa shape index (κ2) is 4.38. The Kier molecular flexibility index (Phi) is 2.51. The largest absolute Gasteiger partial charge is 0.507 e. The molecule has 3 aromatic carbocycles. The third-order valence-corrected chi connectivity index (χ3v) is 4.13. The molecule has 0 amide bonds. The summed E-state index contributed by atoms with van der Waals surface area (Å²) in [6.07, 6.45) is 0. The fourth-order valence-corrected chi connectivity index (χ4v) is 3.05. The normalized spacial score (nSPS) is 11.3. The summed E-state index contributed by atoms with van der Waals surface area (Å²) in [6.45, 7) is 0. The van der Waals surface area contributed by atoms with E-state index >= 15 is 0 Å². The standard InChI is InChI=1S/C19H15NO/c1-20-17-8-4-2-7-15(17)16-11-10-13(12-18(16)20)14-6-3-5-9-19(14)21/h2-12,21H,1H3. The number of phenols is 1. The van der Waals surface area contributed by atoms with Crippen LogP contribution in [-0.4, -0.2) is 9.67 Å². The monoisotopic (exact) mass is 273 g/mol. The van der Waals surface area contributed by atoms with Crippen LogP contribution in [0.4, 0.5) is 0 Å². The highest BCUT2D eigenvalue weighted by molar-refractivity contribution is 6.09. The number of fused-ring (bicyclic) bond motifs is 3. The summed E-state index contributed by atoms with van der Waals surface area (Å²) >= 11 is 0. The van der Waals surface area contributed by atoms with Gasteiger partial charge in [-0.1, -0.05) is 48.5 Å². The van der Waals surface area contributed by atoms with E-state index < -0.39 is 0 Å². The Morgan fingerprint density at radius 2 is 1.48 bits per heavy atom. The molecular formula is C19H15NO. The van der Waals surface area contributed by atoms with Crippen LogP contribution in [0.25, 0.3) is 32.9 Å². The van der Waals surface area contributed by atoms with Gasteiger partial charge in [0.1, 0.15) is 5.75 Å². The van der Waals surface area contributed by atoms with Crippen LogP contribution >= 0.6 is 0 Å². The lowest BCUT2D eigenvalue weighted by Gasteiger charge is -2.05. The minimum absolute atomic E-state index is 0.315. The summed E-state index contributed by atoms with van der Waals surface area (Å²) in [5, 5.41) is 12.5. The molecule has 0 saturated carbocycles. The summed E-state index contributed by atoms with van der Waals surface area (Å²) in [7, 11) is 2.08. The second-order valence-corrected chi connectivity index (χ2v) is 5.33. The Hall–Kier alpha value is -2.74. The van der Waals surface area contributed by atoms with Gasteiger partial charge in [0.05, 0.1) is 0 Å². The quantitative estimate of drug-likeness (QED) is 0.534. The van der Waals surface area contributed by atoms with E-state index in [2.05, 4.69) is 54.1 Å².